The molecule has 1 aromatic carbocycles. The number of fused-ring (bicyclic) bond motifs is 2. The second-order valence-corrected chi connectivity index (χ2v) is 10.7. The normalized spacial score (nSPS) is 25.4. The molecule has 1 atom stereocenters. The van der Waals surface area contributed by atoms with Crippen LogP contribution in [0.5, 0.6) is 0 Å². The average molecular weight is 273 g/mol. The number of rotatable bonds is 2. The summed E-state index contributed by atoms with van der Waals surface area (Å²) in [5.41, 5.74) is 1.97. The molecule has 0 saturated carbocycles. The van der Waals surface area contributed by atoms with E-state index >= 15 is 0 Å². The SMILES string of the molecule is C[Si](C)(C)OC12C=CC(=O)N1Cc1ccccc1C2. The minimum atomic E-state index is -1.74. The van der Waals surface area contributed by atoms with Gasteiger partial charge in [0, 0.05) is 19.0 Å². The van der Waals surface area contributed by atoms with Crippen molar-refractivity contribution in [3.63, 3.8) is 0 Å². The van der Waals surface area contributed by atoms with E-state index in [1.807, 2.05) is 17.0 Å². The van der Waals surface area contributed by atoms with Gasteiger partial charge < -0.3 is 9.33 Å². The fraction of sp³-hybridized carbons (Fsp3) is 0.400. The van der Waals surface area contributed by atoms with E-state index in [1.54, 1.807) is 6.08 Å². The van der Waals surface area contributed by atoms with E-state index in [2.05, 4.69) is 37.8 Å². The number of benzene rings is 1. The maximum absolute atomic E-state index is 12.1. The van der Waals surface area contributed by atoms with Gasteiger partial charge in [0.05, 0.1) is 0 Å². The Labute approximate surface area is 115 Å². The molecule has 100 valence electrons. The summed E-state index contributed by atoms with van der Waals surface area (Å²) in [5, 5.41) is 0. The van der Waals surface area contributed by atoms with Crippen molar-refractivity contribution in [1.29, 1.82) is 0 Å². The van der Waals surface area contributed by atoms with Crippen molar-refractivity contribution in [3.05, 3.63) is 47.5 Å². The first-order valence-electron chi connectivity index (χ1n) is 6.67. The van der Waals surface area contributed by atoms with Crippen molar-refractivity contribution < 1.29 is 9.22 Å². The van der Waals surface area contributed by atoms with E-state index in [0.717, 1.165) is 6.42 Å². The van der Waals surface area contributed by atoms with Crippen molar-refractivity contribution in [2.24, 2.45) is 0 Å². The first-order valence-corrected chi connectivity index (χ1v) is 10.1. The molecule has 1 amide bonds. The lowest BCUT2D eigenvalue weighted by atomic mass is 9.93. The van der Waals surface area contributed by atoms with Gasteiger partial charge in [-0.25, -0.2) is 0 Å². The number of nitrogens with zero attached hydrogens (tertiary/aromatic N) is 1. The summed E-state index contributed by atoms with van der Waals surface area (Å²) in [4.78, 5) is 14.0. The summed E-state index contributed by atoms with van der Waals surface area (Å²) in [6, 6.07) is 8.31. The summed E-state index contributed by atoms with van der Waals surface area (Å²) in [7, 11) is -1.74. The summed E-state index contributed by atoms with van der Waals surface area (Å²) in [6.07, 6.45) is 4.37. The van der Waals surface area contributed by atoms with Crippen LogP contribution in [0.3, 0.4) is 0 Å². The predicted octanol–water partition coefficient (Wildman–Crippen LogP) is 2.69. The zero-order valence-electron chi connectivity index (χ0n) is 11.6. The van der Waals surface area contributed by atoms with Crippen LogP contribution in [-0.4, -0.2) is 24.8 Å². The van der Waals surface area contributed by atoms with Gasteiger partial charge in [-0.05, 0) is 36.8 Å². The molecule has 2 aliphatic rings. The third-order valence-corrected chi connectivity index (χ3v) is 4.55. The number of carbonyl (C=O) groups excluding carboxylic acids is 1. The maximum atomic E-state index is 12.1. The molecule has 0 fully saturated rings. The minimum Gasteiger partial charge on any atom is -0.392 e. The third-order valence-electron chi connectivity index (χ3n) is 3.58. The van der Waals surface area contributed by atoms with E-state index in [4.69, 9.17) is 4.43 Å². The molecule has 0 aliphatic carbocycles. The molecule has 1 aromatic rings. The lowest BCUT2D eigenvalue weighted by Gasteiger charge is -2.45. The van der Waals surface area contributed by atoms with Crippen LogP contribution in [0.2, 0.25) is 19.6 Å². The van der Waals surface area contributed by atoms with Crippen LogP contribution in [0.15, 0.2) is 36.4 Å². The number of hydrogen-bond acceptors (Lipinski definition) is 2. The first-order chi connectivity index (χ1) is 8.90. The second kappa shape index (κ2) is 4.05. The minimum absolute atomic E-state index is 0.0627. The molecular weight excluding hydrogens is 254 g/mol. The first kappa shape index (κ1) is 12.6. The molecule has 0 bridgehead atoms. The van der Waals surface area contributed by atoms with Crippen molar-refractivity contribution in [1.82, 2.24) is 4.90 Å². The van der Waals surface area contributed by atoms with E-state index in [9.17, 15) is 4.79 Å². The molecule has 0 N–H and O–H groups in total. The van der Waals surface area contributed by atoms with E-state index in [-0.39, 0.29) is 5.91 Å². The summed E-state index contributed by atoms with van der Waals surface area (Å²) in [6.45, 7) is 7.14. The van der Waals surface area contributed by atoms with Crippen LogP contribution in [0.25, 0.3) is 0 Å². The van der Waals surface area contributed by atoms with Crippen LogP contribution < -0.4 is 0 Å². The van der Waals surface area contributed by atoms with Crippen LogP contribution in [0.1, 0.15) is 11.1 Å². The summed E-state index contributed by atoms with van der Waals surface area (Å²) in [5.74, 6) is 0.0627. The Morgan fingerprint density at radius 3 is 2.58 bits per heavy atom. The Balaban J connectivity index is 2.02. The quantitative estimate of drug-likeness (QED) is 0.775. The summed E-state index contributed by atoms with van der Waals surface area (Å²) >= 11 is 0. The molecule has 19 heavy (non-hydrogen) atoms. The molecule has 4 heteroatoms. The van der Waals surface area contributed by atoms with Gasteiger partial charge in [-0.15, -0.1) is 0 Å². The molecule has 0 spiro atoms. The number of hydrogen-bond donors (Lipinski definition) is 0. The molecule has 2 heterocycles. The van der Waals surface area contributed by atoms with E-state index in [0.29, 0.717) is 6.54 Å². The van der Waals surface area contributed by atoms with Gasteiger partial charge in [-0.1, -0.05) is 24.3 Å². The van der Waals surface area contributed by atoms with Gasteiger partial charge >= 0.3 is 0 Å². The van der Waals surface area contributed by atoms with E-state index in [1.165, 1.54) is 11.1 Å². The van der Waals surface area contributed by atoms with Gasteiger partial charge in [-0.3, -0.25) is 4.79 Å². The Hall–Kier alpha value is -1.39. The molecule has 0 radical (unpaired) electrons. The van der Waals surface area contributed by atoms with Gasteiger partial charge in [0.1, 0.15) is 0 Å². The largest absolute Gasteiger partial charge is 0.392 e. The summed E-state index contributed by atoms with van der Waals surface area (Å²) < 4.78 is 6.37. The zero-order chi connectivity index (χ0) is 13.7. The molecule has 0 aromatic heterocycles. The lowest BCUT2D eigenvalue weighted by Crippen LogP contribution is -2.56. The molecular formula is C15H19NO2Si. The van der Waals surface area contributed by atoms with Crippen LogP contribution in [-0.2, 0) is 22.2 Å². The smallest absolute Gasteiger partial charge is 0.249 e. The molecule has 3 nitrogen and oxygen atoms in total. The highest BCUT2D eigenvalue weighted by Crippen LogP contribution is 2.38. The lowest BCUT2D eigenvalue weighted by molar-refractivity contribution is -0.141. The number of amides is 1. The Morgan fingerprint density at radius 2 is 1.89 bits per heavy atom. The molecule has 2 aliphatic heterocycles. The average Bonchev–Trinajstić information content (AvgIpc) is 2.61. The van der Waals surface area contributed by atoms with E-state index < -0.39 is 14.0 Å². The topological polar surface area (TPSA) is 29.5 Å². The standard InChI is InChI=1S/C15H19NO2Si/c1-19(2,3)18-15-9-8-14(17)16(15)11-13-7-5-4-6-12(13)10-15/h4-9H,10-11H2,1-3H3. The molecule has 3 rings (SSSR count). The highest BCUT2D eigenvalue weighted by molar-refractivity contribution is 6.69. The predicted molar refractivity (Wildman–Crippen MR) is 77.0 cm³/mol. The Kier molecular flexibility index (Phi) is 2.69. The maximum Gasteiger partial charge on any atom is 0.249 e. The van der Waals surface area contributed by atoms with Crippen LogP contribution in [0, 0.1) is 0 Å². The van der Waals surface area contributed by atoms with Crippen LogP contribution >= 0.6 is 0 Å². The molecule has 1 unspecified atom stereocenters. The fourth-order valence-corrected chi connectivity index (χ4v) is 4.23. The zero-order valence-corrected chi connectivity index (χ0v) is 12.6. The van der Waals surface area contributed by atoms with Crippen molar-refractivity contribution in [3.8, 4) is 0 Å². The van der Waals surface area contributed by atoms with Gasteiger partial charge in [0.25, 0.3) is 0 Å². The monoisotopic (exact) mass is 273 g/mol. The third kappa shape index (κ3) is 2.15. The van der Waals surface area contributed by atoms with Gasteiger partial charge in [0.2, 0.25) is 5.91 Å². The van der Waals surface area contributed by atoms with Gasteiger partial charge in [-0.2, -0.15) is 0 Å². The van der Waals surface area contributed by atoms with Crippen molar-refractivity contribution >= 4 is 14.2 Å². The van der Waals surface area contributed by atoms with Gasteiger partial charge in [0.15, 0.2) is 14.0 Å². The van der Waals surface area contributed by atoms with Crippen molar-refractivity contribution in [2.45, 2.75) is 38.3 Å². The highest BCUT2D eigenvalue weighted by Gasteiger charge is 2.47. The highest BCUT2D eigenvalue weighted by atomic mass is 28.4. The van der Waals surface area contributed by atoms with Crippen molar-refractivity contribution in [2.75, 3.05) is 0 Å². The second-order valence-electron chi connectivity index (χ2n) is 6.26. The molecule has 0 saturated heterocycles. The fourth-order valence-electron chi connectivity index (χ4n) is 2.92. The number of carbonyl (C=O) groups is 1. The van der Waals surface area contributed by atoms with Crippen LogP contribution in [0.4, 0.5) is 0 Å². The Bertz CT molecular complexity index is 562. The Morgan fingerprint density at radius 1 is 1.21 bits per heavy atom.